The normalized spacial score (nSPS) is 12.6. The molecule has 1 unspecified atom stereocenters. The van der Waals surface area contributed by atoms with Gasteiger partial charge in [-0.25, -0.2) is 4.79 Å². The number of rotatable bonds is 6. The highest BCUT2D eigenvalue weighted by atomic mass is 79.9. The van der Waals surface area contributed by atoms with Gasteiger partial charge in [0.25, 0.3) is 5.91 Å². The minimum absolute atomic E-state index is 0.0187. The van der Waals surface area contributed by atoms with Crippen molar-refractivity contribution in [1.29, 1.82) is 0 Å². The smallest absolute Gasteiger partial charge is 0.326 e. The Kier molecular flexibility index (Phi) is 6.62. The van der Waals surface area contributed by atoms with Crippen LogP contribution in [0, 0.1) is 5.41 Å². The Morgan fingerprint density at radius 3 is 2.39 bits per heavy atom. The highest BCUT2D eigenvalue weighted by molar-refractivity contribution is 9.10. The molecular weight excluding hydrogens is 360 g/mol. The van der Waals surface area contributed by atoms with Gasteiger partial charge in [-0.2, -0.15) is 0 Å². The number of hydrogen-bond acceptors (Lipinski definition) is 3. The molecule has 0 fully saturated rings. The van der Waals surface area contributed by atoms with E-state index in [4.69, 9.17) is 0 Å². The van der Waals surface area contributed by atoms with Crippen LogP contribution in [-0.2, 0) is 4.79 Å². The number of anilines is 1. The SMILES string of the molecule is CN(C)c1cc(Br)ccc1C(=O)NC(CCC(C)(C)C)C(=O)O. The van der Waals surface area contributed by atoms with Gasteiger partial charge in [-0.15, -0.1) is 0 Å². The zero-order valence-electron chi connectivity index (χ0n) is 14.3. The highest BCUT2D eigenvalue weighted by Crippen LogP contribution is 2.25. The third kappa shape index (κ3) is 6.22. The van der Waals surface area contributed by atoms with Crippen LogP contribution in [0.25, 0.3) is 0 Å². The number of carboxylic acid groups (broad SMARTS) is 1. The maximum Gasteiger partial charge on any atom is 0.326 e. The lowest BCUT2D eigenvalue weighted by Gasteiger charge is -2.23. The van der Waals surface area contributed by atoms with Gasteiger partial charge in [-0.1, -0.05) is 36.7 Å². The summed E-state index contributed by atoms with van der Waals surface area (Å²) in [6.07, 6.45) is 1.11. The number of carbonyl (C=O) groups is 2. The Labute approximate surface area is 146 Å². The number of amides is 1. The second-order valence-electron chi connectivity index (χ2n) is 7.02. The third-order valence-electron chi connectivity index (χ3n) is 3.47. The third-order valence-corrected chi connectivity index (χ3v) is 3.97. The summed E-state index contributed by atoms with van der Waals surface area (Å²) >= 11 is 3.38. The number of carbonyl (C=O) groups excluding carboxylic acids is 1. The molecule has 2 N–H and O–H groups in total. The number of nitrogens with one attached hydrogen (secondary N) is 1. The van der Waals surface area contributed by atoms with Crippen molar-refractivity contribution >= 4 is 33.5 Å². The van der Waals surface area contributed by atoms with Gasteiger partial charge >= 0.3 is 5.97 Å². The van der Waals surface area contributed by atoms with E-state index >= 15 is 0 Å². The average molecular weight is 385 g/mol. The van der Waals surface area contributed by atoms with E-state index in [1.807, 2.05) is 45.8 Å². The van der Waals surface area contributed by atoms with Crippen molar-refractivity contribution in [2.45, 2.75) is 39.7 Å². The lowest BCUT2D eigenvalue weighted by Crippen LogP contribution is -2.41. The Morgan fingerprint density at radius 2 is 1.91 bits per heavy atom. The molecule has 0 aliphatic carbocycles. The molecule has 23 heavy (non-hydrogen) atoms. The standard InChI is InChI=1S/C17H25BrN2O3/c1-17(2,3)9-8-13(16(22)23)19-15(21)12-7-6-11(18)10-14(12)20(4)5/h6-7,10,13H,8-9H2,1-5H3,(H,19,21)(H,22,23). The largest absolute Gasteiger partial charge is 0.480 e. The molecule has 128 valence electrons. The van der Waals surface area contributed by atoms with Crippen molar-refractivity contribution < 1.29 is 14.7 Å². The van der Waals surface area contributed by atoms with E-state index in [-0.39, 0.29) is 11.3 Å². The maximum absolute atomic E-state index is 12.5. The van der Waals surface area contributed by atoms with Gasteiger partial charge in [0.15, 0.2) is 0 Å². The number of halogens is 1. The summed E-state index contributed by atoms with van der Waals surface area (Å²) < 4.78 is 0.861. The fourth-order valence-electron chi connectivity index (χ4n) is 2.14. The molecule has 0 aromatic heterocycles. The quantitative estimate of drug-likeness (QED) is 0.786. The number of carboxylic acids is 1. The molecule has 0 aliphatic heterocycles. The molecule has 1 atom stereocenters. The van der Waals surface area contributed by atoms with Gasteiger partial charge in [-0.05, 0) is 36.5 Å². The van der Waals surface area contributed by atoms with E-state index in [9.17, 15) is 14.7 Å². The molecule has 0 saturated heterocycles. The van der Waals surface area contributed by atoms with Gasteiger partial charge in [-0.3, -0.25) is 4.79 Å². The van der Waals surface area contributed by atoms with Gasteiger partial charge < -0.3 is 15.3 Å². The first-order chi connectivity index (χ1) is 10.5. The van der Waals surface area contributed by atoms with Crippen LogP contribution in [0.15, 0.2) is 22.7 Å². The minimum atomic E-state index is -1.01. The predicted molar refractivity (Wildman–Crippen MR) is 96.0 cm³/mol. The molecule has 1 aromatic rings. The van der Waals surface area contributed by atoms with E-state index < -0.39 is 12.0 Å². The fraction of sp³-hybridized carbons (Fsp3) is 0.529. The van der Waals surface area contributed by atoms with Crippen LogP contribution in [0.2, 0.25) is 0 Å². The minimum Gasteiger partial charge on any atom is -0.480 e. The summed E-state index contributed by atoms with van der Waals surface area (Å²) in [6, 6.07) is 4.41. The predicted octanol–water partition coefficient (Wildman–Crippen LogP) is 3.52. The Morgan fingerprint density at radius 1 is 1.30 bits per heavy atom. The summed E-state index contributed by atoms with van der Waals surface area (Å²) in [4.78, 5) is 25.8. The number of benzene rings is 1. The monoisotopic (exact) mass is 384 g/mol. The van der Waals surface area contributed by atoms with E-state index in [0.29, 0.717) is 18.4 Å². The second kappa shape index (κ2) is 7.81. The van der Waals surface area contributed by atoms with Crippen molar-refractivity contribution in [2.24, 2.45) is 5.41 Å². The zero-order chi connectivity index (χ0) is 17.8. The number of hydrogen-bond donors (Lipinski definition) is 2. The topological polar surface area (TPSA) is 69.6 Å². The van der Waals surface area contributed by atoms with Gasteiger partial charge in [0.2, 0.25) is 0 Å². The van der Waals surface area contributed by atoms with Gasteiger partial charge in [0.05, 0.1) is 11.3 Å². The Balaban J connectivity index is 2.93. The van der Waals surface area contributed by atoms with Crippen LogP contribution < -0.4 is 10.2 Å². The van der Waals surface area contributed by atoms with Crippen LogP contribution in [0.3, 0.4) is 0 Å². The number of aliphatic carboxylic acids is 1. The van der Waals surface area contributed by atoms with Crippen LogP contribution >= 0.6 is 15.9 Å². The zero-order valence-corrected chi connectivity index (χ0v) is 15.9. The molecule has 5 nitrogen and oxygen atoms in total. The molecule has 6 heteroatoms. The van der Waals surface area contributed by atoms with Crippen LogP contribution in [0.5, 0.6) is 0 Å². The molecular formula is C17H25BrN2O3. The second-order valence-corrected chi connectivity index (χ2v) is 7.94. The van der Waals surface area contributed by atoms with Crippen LogP contribution in [-0.4, -0.2) is 37.1 Å². The molecule has 1 amide bonds. The van der Waals surface area contributed by atoms with Crippen LogP contribution in [0.1, 0.15) is 44.0 Å². The molecule has 0 spiro atoms. The average Bonchev–Trinajstić information content (AvgIpc) is 2.41. The molecule has 1 rings (SSSR count). The molecule has 0 heterocycles. The van der Waals surface area contributed by atoms with Crippen molar-refractivity contribution in [3.8, 4) is 0 Å². The number of nitrogens with zero attached hydrogens (tertiary/aromatic N) is 1. The van der Waals surface area contributed by atoms with Crippen molar-refractivity contribution in [2.75, 3.05) is 19.0 Å². The van der Waals surface area contributed by atoms with Crippen LogP contribution in [0.4, 0.5) is 5.69 Å². The van der Waals surface area contributed by atoms with E-state index in [0.717, 1.165) is 10.2 Å². The summed E-state index contributed by atoms with van der Waals surface area (Å²) in [5, 5.41) is 12.0. The summed E-state index contributed by atoms with van der Waals surface area (Å²) in [5.41, 5.74) is 1.21. The lowest BCUT2D eigenvalue weighted by atomic mass is 9.88. The van der Waals surface area contributed by atoms with Gasteiger partial charge in [0.1, 0.15) is 6.04 Å². The maximum atomic E-state index is 12.5. The Hall–Kier alpha value is -1.56. The molecule has 1 aromatic carbocycles. The first-order valence-electron chi connectivity index (χ1n) is 7.52. The lowest BCUT2D eigenvalue weighted by molar-refractivity contribution is -0.139. The molecule has 0 aliphatic rings. The van der Waals surface area contributed by atoms with Crippen molar-refractivity contribution in [3.63, 3.8) is 0 Å². The summed E-state index contributed by atoms with van der Waals surface area (Å²) in [6.45, 7) is 6.14. The van der Waals surface area contributed by atoms with Crippen molar-refractivity contribution in [1.82, 2.24) is 5.32 Å². The molecule has 0 bridgehead atoms. The van der Waals surface area contributed by atoms with E-state index in [1.165, 1.54) is 0 Å². The van der Waals surface area contributed by atoms with E-state index in [2.05, 4.69) is 21.2 Å². The molecule has 0 saturated carbocycles. The first kappa shape index (κ1) is 19.5. The highest BCUT2D eigenvalue weighted by Gasteiger charge is 2.24. The summed E-state index contributed by atoms with van der Waals surface area (Å²) in [7, 11) is 3.68. The van der Waals surface area contributed by atoms with Gasteiger partial charge in [0, 0.05) is 18.6 Å². The fourth-order valence-corrected chi connectivity index (χ4v) is 2.49. The van der Waals surface area contributed by atoms with E-state index in [1.54, 1.807) is 12.1 Å². The molecule has 0 radical (unpaired) electrons. The first-order valence-corrected chi connectivity index (χ1v) is 8.31. The summed E-state index contributed by atoms with van der Waals surface area (Å²) in [5.74, 6) is -1.38. The van der Waals surface area contributed by atoms with Crippen molar-refractivity contribution in [3.05, 3.63) is 28.2 Å². The Bertz CT molecular complexity index is 580.